The number of ether oxygens (including phenoxy) is 2. The number of carbonyl (C=O) groups is 2. The number of para-hydroxylation sites is 3. The SMILES string of the molecule is COc1cccc(CNC(=O)CN2C(=O)CC(c3ccc(Br)s3)=Nc3ccccc32)c1OC. The Balaban J connectivity index is 1.52. The van der Waals surface area contributed by atoms with Crippen LogP contribution in [0.4, 0.5) is 11.4 Å². The molecule has 7 nitrogen and oxygen atoms in total. The van der Waals surface area contributed by atoms with Crippen LogP contribution >= 0.6 is 27.3 Å². The number of thiophene rings is 1. The van der Waals surface area contributed by atoms with E-state index in [4.69, 9.17) is 14.5 Å². The zero-order valence-electron chi connectivity index (χ0n) is 18.1. The van der Waals surface area contributed by atoms with Gasteiger partial charge >= 0.3 is 0 Å². The van der Waals surface area contributed by atoms with Crippen LogP contribution in [-0.4, -0.2) is 38.3 Å². The number of carbonyl (C=O) groups excluding carboxylic acids is 2. The predicted molar refractivity (Wildman–Crippen MR) is 133 cm³/mol. The molecule has 2 aromatic carbocycles. The molecule has 0 saturated heterocycles. The van der Waals surface area contributed by atoms with E-state index in [0.717, 1.165) is 14.2 Å². The van der Waals surface area contributed by atoms with Crippen LogP contribution < -0.4 is 19.7 Å². The lowest BCUT2D eigenvalue weighted by molar-refractivity contribution is -0.123. The Hall–Kier alpha value is -3.17. The van der Waals surface area contributed by atoms with Crippen LogP contribution in [0.5, 0.6) is 11.5 Å². The van der Waals surface area contributed by atoms with Crippen molar-refractivity contribution >= 4 is 56.2 Å². The quantitative estimate of drug-likeness (QED) is 0.482. The minimum absolute atomic E-state index is 0.110. The van der Waals surface area contributed by atoms with Gasteiger partial charge in [-0.05, 0) is 46.3 Å². The first-order chi connectivity index (χ1) is 16.0. The highest BCUT2D eigenvalue weighted by Crippen LogP contribution is 2.34. The lowest BCUT2D eigenvalue weighted by Crippen LogP contribution is -2.41. The third-order valence-electron chi connectivity index (χ3n) is 5.17. The number of nitrogens with zero attached hydrogens (tertiary/aromatic N) is 2. The van der Waals surface area contributed by atoms with Gasteiger partial charge in [-0.1, -0.05) is 24.3 Å². The molecular weight excluding hydrogens is 506 g/mol. The number of nitrogens with one attached hydrogen (secondary N) is 1. The molecule has 0 radical (unpaired) electrons. The van der Waals surface area contributed by atoms with Gasteiger partial charge in [0.2, 0.25) is 11.8 Å². The Kier molecular flexibility index (Phi) is 7.10. The summed E-state index contributed by atoms with van der Waals surface area (Å²) >= 11 is 4.99. The average molecular weight is 528 g/mol. The summed E-state index contributed by atoms with van der Waals surface area (Å²) in [4.78, 5) is 33.2. The first kappa shape index (κ1) is 23.0. The van der Waals surface area contributed by atoms with Gasteiger partial charge in [-0.15, -0.1) is 11.3 Å². The molecule has 1 aliphatic heterocycles. The highest BCUT2D eigenvalue weighted by atomic mass is 79.9. The Morgan fingerprint density at radius 1 is 1.12 bits per heavy atom. The number of halogens is 1. The minimum Gasteiger partial charge on any atom is -0.493 e. The second kappa shape index (κ2) is 10.2. The van der Waals surface area contributed by atoms with Crippen molar-refractivity contribution in [3.05, 3.63) is 68.8 Å². The first-order valence-electron chi connectivity index (χ1n) is 10.2. The molecule has 0 spiro atoms. The molecule has 9 heteroatoms. The maximum Gasteiger partial charge on any atom is 0.240 e. The average Bonchev–Trinajstić information content (AvgIpc) is 3.21. The number of hydrogen-bond acceptors (Lipinski definition) is 6. The lowest BCUT2D eigenvalue weighted by Gasteiger charge is -2.22. The van der Waals surface area contributed by atoms with Gasteiger partial charge in [0.05, 0.1) is 46.4 Å². The van der Waals surface area contributed by atoms with Crippen molar-refractivity contribution in [3.63, 3.8) is 0 Å². The van der Waals surface area contributed by atoms with E-state index < -0.39 is 0 Å². The molecule has 33 heavy (non-hydrogen) atoms. The zero-order valence-corrected chi connectivity index (χ0v) is 20.5. The van der Waals surface area contributed by atoms with Crippen molar-refractivity contribution < 1.29 is 19.1 Å². The fourth-order valence-corrected chi connectivity index (χ4v) is 4.99. The van der Waals surface area contributed by atoms with Gasteiger partial charge < -0.3 is 19.7 Å². The second-order valence-corrected chi connectivity index (χ2v) is 9.70. The van der Waals surface area contributed by atoms with Crippen LogP contribution in [-0.2, 0) is 16.1 Å². The predicted octanol–water partition coefficient (Wildman–Crippen LogP) is 4.70. The summed E-state index contributed by atoms with van der Waals surface area (Å²) in [5, 5.41) is 2.88. The maximum absolute atomic E-state index is 13.2. The second-order valence-electron chi connectivity index (χ2n) is 7.24. The molecule has 2 heterocycles. The van der Waals surface area contributed by atoms with Crippen LogP contribution in [0.1, 0.15) is 16.9 Å². The number of benzene rings is 2. The normalized spacial score (nSPS) is 13.1. The van der Waals surface area contributed by atoms with E-state index in [9.17, 15) is 9.59 Å². The Labute approximate surface area is 204 Å². The standard InChI is InChI=1S/C24H22BrN3O4S/c1-31-19-9-5-6-15(24(19)32-2)13-26-22(29)14-28-18-8-4-3-7-16(18)27-17(12-23(28)30)20-10-11-21(25)33-20/h3-11H,12-14H2,1-2H3,(H,26,29). The summed E-state index contributed by atoms with van der Waals surface area (Å²) < 4.78 is 11.7. The van der Waals surface area contributed by atoms with E-state index in [1.807, 2.05) is 48.5 Å². The fraction of sp³-hybridized carbons (Fsp3) is 0.208. The molecule has 2 amide bonds. The van der Waals surface area contributed by atoms with E-state index in [1.165, 1.54) is 16.2 Å². The molecule has 170 valence electrons. The number of rotatable bonds is 7. The van der Waals surface area contributed by atoms with Gasteiger partial charge in [-0.2, -0.15) is 0 Å². The molecule has 0 atom stereocenters. The zero-order chi connectivity index (χ0) is 23.4. The molecule has 0 aliphatic carbocycles. The molecule has 1 aliphatic rings. The number of amides is 2. The maximum atomic E-state index is 13.2. The highest BCUT2D eigenvalue weighted by Gasteiger charge is 2.27. The fourth-order valence-electron chi connectivity index (χ4n) is 3.62. The minimum atomic E-state index is -0.287. The molecule has 3 aromatic rings. The largest absolute Gasteiger partial charge is 0.493 e. The van der Waals surface area contributed by atoms with Gasteiger partial charge in [0.25, 0.3) is 0 Å². The smallest absolute Gasteiger partial charge is 0.240 e. The van der Waals surface area contributed by atoms with Crippen LogP contribution in [0, 0.1) is 0 Å². The van der Waals surface area contributed by atoms with Gasteiger partial charge in [-0.25, -0.2) is 4.99 Å². The van der Waals surface area contributed by atoms with Crippen LogP contribution in [0.25, 0.3) is 0 Å². The van der Waals surface area contributed by atoms with Crippen molar-refractivity contribution in [3.8, 4) is 11.5 Å². The molecular formula is C24H22BrN3O4S. The van der Waals surface area contributed by atoms with Crippen LogP contribution in [0.3, 0.4) is 0 Å². The van der Waals surface area contributed by atoms with Gasteiger partial charge in [0.15, 0.2) is 11.5 Å². The summed E-state index contributed by atoms with van der Waals surface area (Å²) in [5.41, 5.74) is 2.74. The summed E-state index contributed by atoms with van der Waals surface area (Å²) in [6.07, 6.45) is 0.110. The van der Waals surface area contributed by atoms with Gasteiger partial charge in [0, 0.05) is 12.1 Å². The third-order valence-corrected chi connectivity index (χ3v) is 6.84. The summed E-state index contributed by atoms with van der Waals surface area (Å²) in [6.45, 7) is 0.132. The van der Waals surface area contributed by atoms with E-state index in [2.05, 4.69) is 21.2 Å². The molecule has 0 unspecified atom stereocenters. The summed E-state index contributed by atoms with van der Waals surface area (Å²) in [6, 6.07) is 16.7. The Bertz CT molecular complexity index is 1220. The monoisotopic (exact) mass is 527 g/mol. The number of hydrogen-bond donors (Lipinski definition) is 1. The molecule has 1 N–H and O–H groups in total. The molecule has 1 aromatic heterocycles. The third kappa shape index (κ3) is 5.09. The van der Waals surface area contributed by atoms with E-state index in [0.29, 0.717) is 28.6 Å². The first-order valence-corrected chi connectivity index (χ1v) is 11.8. The van der Waals surface area contributed by atoms with Crippen molar-refractivity contribution in [1.82, 2.24) is 5.32 Å². The Morgan fingerprint density at radius 2 is 1.94 bits per heavy atom. The topological polar surface area (TPSA) is 80.2 Å². The molecule has 0 bridgehead atoms. The van der Waals surface area contributed by atoms with Crippen molar-refractivity contribution in [2.75, 3.05) is 25.7 Å². The molecule has 0 saturated carbocycles. The Morgan fingerprint density at radius 3 is 2.67 bits per heavy atom. The van der Waals surface area contributed by atoms with Crippen LogP contribution in [0.15, 0.2) is 63.4 Å². The van der Waals surface area contributed by atoms with Gasteiger partial charge in [0.1, 0.15) is 6.54 Å². The van der Waals surface area contributed by atoms with Crippen molar-refractivity contribution in [1.29, 1.82) is 0 Å². The van der Waals surface area contributed by atoms with Crippen molar-refractivity contribution in [2.45, 2.75) is 13.0 Å². The van der Waals surface area contributed by atoms with E-state index in [-0.39, 0.29) is 31.3 Å². The lowest BCUT2D eigenvalue weighted by atomic mass is 10.2. The number of methoxy groups -OCH3 is 2. The molecule has 4 rings (SSSR count). The molecule has 0 fully saturated rings. The van der Waals surface area contributed by atoms with Crippen LogP contribution in [0.2, 0.25) is 0 Å². The number of fused-ring (bicyclic) bond motifs is 1. The highest BCUT2D eigenvalue weighted by molar-refractivity contribution is 9.11. The van der Waals surface area contributed by atoms with Crippen molar-refractivity contribution in [2.24, 2.45) is 4.99 Å². The number of anilines is 1. The van der Waals surface area contributed by atoms with E-state index >= 15 is 0 Å². The summed E-state index contributed by atoms with van der Waals surface area (Å²) in [7, 11) is 3.12. The number of aliphatic imine (C=N–C) groups is 1. The summed E-state index contributed by atoms with van der Waals surface area (Å²) in [5.74, 6) is 0.685. The van der Waals surface area contributed by atoms with Gasteiger partial charge in [-0.3, -0.25) is 9.59 Å². The van der Waals surface area contributed by atoms with E-state index in [1.54, 1.807) is 20.3 Å².